The molecule has 1 amide bonds. The van der Waals surface area contributed by atoms with Gasteiger partial charge in [-0.15, -0.1) is 0 Å². The molecule has 2 rings (SSSR count). The van der Waals surface area contributed by atoms with Crippen molar-refractivity contribution in [2.24, 2.45) is 5.41 Å². The van der Waals surface area contributed by atoms with Crippen LogP contribution >= 0.6 is 0 Å². The number of piperazine rings is 1. The van der Waals surface area contributed by atoms with Gasteiger partial charge in [0, 0.05) is 31.6 Å². The van der Waals surface area contributed by atoms with Gasteiger partial charge in [-0.2, -0.15) is 0 Å². The van der Waals surface area contributed by atoms with E-state index < -0.39 is 0 Å². The predicted molar refractivity (Wildman–Crippen MR) is 74.4 cm³/mol. The van der Waals surface area contributed by atoms with Crippen LogP contribution in [0.5, 0.6) is 0 Å². The molecule has 1 saturated carbocycles. The lowest BCUT2D eigenvalue weighted by molar-refractivity contribution is -0.136. The van der Waals surface area contributed by atoms with Crippen molar-refractivity contribution in [2.45, 2.75) is 71.4 Å². The molecule has 0 spiro atoms. The van der Waals surface area contributed by atoms with Gasteiger partial charge in [-0.3, -0.25) is 4.79 Å². The average molecular weight is 252 g/mol. The van der Waals surface area contributed by atoms with E-state index in [4.69, 9.17) is 0 Å². The highest BCUT2D eigenvalue weighted by atomic mass is 16.2. The third kappa shape index (κ3) is 3.47. The summed E-state index contributed by atoms with van der Waals surface area (Å²) in [6.45, 7) is 8.51. The molecular weight excluding hydrogens is 224 g/mol. The molecule has 2 atom stereocenters. The van der Waals surface area contributed by atoms with Crippen LogP contribution in [0.2, 0.25) is 0 Å². The van der Waals surface area contributed by atoms with Crippen LogP contribution in [0.4, 0.5) is 0 Å². The van der Waals surface area contributed by atoms with Crippen LogP contribution in [0.25, 0.3) is 0 Å². The van der Waals surface area contributed by atoms with Gasteiger partial charge in [0.1, 0.15) is 0 Å². The quantitative estimate of drug-likeness (QED) is 0.819. The van der Waals surface area contributed by atoms with E-state index in [2.05, 4.69) is 31.0 Å². The van der Waals surface area contributed by atoms with Gasteiger partial charge in [-0.05, 0) is 24.7 Å². The molecule has 104 valence electrons. The van der Waals surface area contributed by atoms with Gasteiger partial charge >= 0.3 is 0 Å². The molecule has 2 fully saturated rings. The first-order valence-electron chi connectivity index (χ1n) is 7.50. The fraction of sp³-hybridized carbons (Fsp3) is 0.933. The highest BCUT2D eigenvalue weighted by Gasteiger charge is 2.35. The Morgan fingerprint density at radius 3 is 2.72 bits per heavy atom. The Bertz CT molecular complexity index is 293. The van der Waals surface area contributed by atoms with Crippen LogP contribution < -0.4 is 5.32 Å². The summed E-state index contributed by atoms with van der Waals surface area (Å²) in [6.07, 6.45) is 6.75. The first-order valence-corrected chi connectivity index (χ1v) is 7.50. The van der Waals surface area contributed by atoms with E-state index in [0.29, 0.717) is 24.4 Å². The van der Waals surface area contributed by atoms with Crippen molar-refractivity contribution in [2.75, 3.05) is 13.1 Å². The van der Waals surface area contributed by atoms with Crippen LogP contribution in [0.3, 0.4) is 0 Å². The number of nitrogens with zero attached hydrogens (tertiary/aromatic N) is 1. The maximum absolute atomic E-state index is 12.4. The number of nitrogens with one attached hydrogen (secondary N) is 1. The van der Waals surface area contributed by atoms with Crippen molar-refractivity contribution in [3.8, 4) is 0 Å². The smallest absolute Gasteiger partial charge is 0.222 e. The molecule has 0 aromatic carbocycles. The molecule has 18 heavy (non-hydrogen) atoms. The molecule has 1 heterocycles. The zero-order valence-electron chi connectivity index (χ0n) is 12.2. The monoisotopic (exact) mass is 252 g/mol. The molecule has 0 aromatic heterocycles. The zero-order valence-corrected chi connectivity index (χ0v) is 12.2. The van der Waals surface area contributed by atoms with E-state index in [0.717, 1.165) is 19.5 Å². The third-order valence-corrected chi connectivity index (χ3v) is 4.30. The molecule has 3 heteroatoms. The van der Waals surface area contributed by atoms with E-state index in [1.165, 1.54) is 25.7 Å². The fourth-order valence-electron chi connectivity index (χ4n) is 3.19. The van der Waals surface area contributed by atoms with E-state index in [-0.39, 0.29) is 5.41 Å². The molecule has 1 N–H and O–H groups in total. The summed E-state index contributed by atoms with van der Waals surface area (Å²) in [7, 11) is 0. The van der Waals surface area contributed by atoms with Gasteiger partial charge in [0.15, 0.2) is 0 Å². The maximum atomic E-state index is 12.4. The van der Waals surface area contributed by atoms with E-state index >= 15 is 0 Å². The van der Waals surface area contributed by atoms with Gasteiger partial charge in [-0.1, -0.05) is 33.6 Å². The van der Waals surface area contributed by atoms with Crippen LogP contribution in [-0.4, -0.2) is 36.0 Å². The van der Waals surface area contributed by atoms with E-state index in [1.54, 1.807) is 0 Å². The predicted octanol–water partition coefficient (Wildman–Crippen LogP) is 2.56. The number of rotatable bonds is 2. The lowest BCUT2D eigenvalue weighted by Gasteiger charge is -2.45. The van der Waals surface area contributed by atoms with Crippen molar-refractivity contribution in [1.82, 2.24) is 10.2 Å². The standard InChI is InChI=1S/C15H28N2O/c1-15(2,3)9-8-14(18)17-11-10-16-12-6-4-5-7-13(12)17/h12-13,16H,4-11H2,1-3H3/t12-,13+/m0/s1. The first-order chi connectivity index (χ1) is 8.47. The number of hydrogen-bond acceptors (Lipinski definition) is 2. The number of amides is 1. The van der Waals surface area contributed by atoms with Crippen molar-refractivity contribution >= 4 is 5.91 Å². The lowest BCUT2D eigenvalue weighted by Crippen LogP contribution is -2.60. The summed E-state index contributed by atoms with van der Waals surface area (Å²) in [5.41, 5.74) is 0.260. The van der Waals surface area contributed by atoms with E-state index in [1.807, 2.05) is 0 Å². The molecule has 3 nitrogen and oxygen atoms in total. The Morgan fingerprint density at radius 2 is 2.00 bits per heavy atom. The molecule has 1 aliphatic heterocycles. The molecule has 0 unspecified atom stereocenters. The molecule has 1 aliphatic carbocycles. The third-order valence-electron chi connectivity index (χ3n) is 4.30. The van der Waals surface area contributed by atoms with Crippen molar-refractivity contribution in [3.63, 3.8) is 0 Å². The molecule has 0 radical (unpaired) electrons. The van der Waals surface area contributed by atoms with Crippen molar-refractivity contribution in [1.29, 1.82) is 0 Å². The topological polar surface area (TPSA) is 32.3 Å². The number of carbonyl (C=O) groups is 1. The van der Waals surface area contributed by atoms with Gasteiger partial charge in [-0.25, -0.2) is 0 Å². The summed E-state index contributed by atoms with van der Waals surface area (Å²) in [6, 6.07) is 1.03. The van der Waals surface area contributed by atoms with Crippen LogP contribution in [0.1, 0.15) is 59.3 Å². The second-order valence-corrected chi connectivity index (χ2v) is 7.06. The Morgan fingerprint density at radius 1 is 1.28 bits per heavy atom. The molecule has 1 saturated heterocycles. The second-order valence-electron chi connectivity index (χ2n) is 7.06. The highest BCUT2D eigenvalue weighted by Crippen LogP contribution is 2.27. The Balaban J connectivity index is 1.91. The normalized spacial score (nSPS) is 28.9. The Labute approximate surface area is 111 Å². The van der Waals surface area contributed by atoms with E-state index in [9.17, 15) is 4.79 Å². The number of carbonyl (C=O) groups excluding carboxylic acids is 1. The van der Waals surface area contributed by atoms with Gasteiger partial charge < -0.3 is 10.2 Å². The molecule has 0 aromatic rings. The summed E-state index contributed by atoms with van der Waals surface area (Å²) < 4.78 is 0. The molecule has 2 aliphatic rings. The summed E-state index contributed by atoms with van der Waals surface area (Å²) in [5.74, 6) is 0.378. The van der Waals surface area contributed by atoms with Gasteiger partial charge in [0.05, 0.1) is 0 Å². The van der Waals surface area contributed by atoms with Crippen molar-refractivity contribution < 1.29 is 4.79 Å². The highest BCUT2D eigenvalue weighted by molar-refractivity contribution is 5.76. The van der Waals surface area contributed by atoms with Gasteiger partial charge in [0.2, 0.25) is 5.91 Å². The summed E-state index contributed by atoms with van der Waals surface area (Å²) in [4.78, 5) is 14.6. The fourth-order valence-corrected chi connectivity index (χ4v) is 3.19. The van der Waals surface area contributed by atoms with Crippen LogP contribution in [0.15, 0.2) is 0 Å². The molecule has 0 bridgehead atoms. The SMILES string of the molecule is CC(C)(C)CCC(=O)N1CCN[C@H]2CCCC[C@H]21. The maximum Gasteiger partial charge on any atom is 0.222 e. The Kier molecular flexibility index (Phi) is 4.31. The molecular formula is C15H28N2O. The van der Waals surface area contributed by atoms with Crippen molar-refractivity contribution in [3.05, 3.63) is 0 Å². The average Bonchev–Trinajstić information content (AvgIpc) is 2.34. The lowest BCUT2D eigenvalue weighted by atomic mass is 9.86. The minimum atomic E-state index is 0.260. The first kappa shape index (κ1) is 13.9. The van der Waals surface area contributed by atoms with Crippen LogP contribution in [-0.2, 0) is 4.79 Å². The van der Waals surface area contributed by atoms with Gasteiger partial charge in [0.25, 0.3) is 0 Å². The minimum Gasteiger partial charge on any atom is -0.337 e. The Hall–Kier alpha value is -0.570. The summed E-state index contributed by atoms with van der Waals surface area (Å²) >= 11 is 0. The number of hydrogen-bond donors (Lipinski definition) is 1. The number of fused-ring (bicyclic) bond motifs is 1. The minimum absolute atomic E-state index is 0.260. The second kappa shape index (κ2) is 5.60. The summed E-state index contributed by atoms with van der Waals surface area (Å²) in [5, 5.41) is 3.58. The largest absolute Gasteiger partial charge is 0.337 e. The zero-order chi connectivity index (χ0) is 13.2. The van der Waals surface area contributed by atoms with Crippen LogP contribution in [0, 0.1) is 5.41 Å².